The van der Waals surface area contributed by atoms with E-state index in [0.29, 0.717) is 0 Å². The van der Waals surface area contributed by atoms with Gasteiger partial charge in [0.15, 0.2) is 24.8 Å². The standard InChI is InChI=1S/C45H50N2O15/c1-6-21-55-40-36(46-26(2)48)44(57-23-31-17-11-8-12-18-31)60-34(24-54-22-30-15-9-7-10-16-30)38(40)62-45-37(47-42(52)32-19-13-14-20-33(32)43(47)53)41(59-29(5)51)39(58-28(4)50)35(61-45)25-56-27(3)49/h6-20,34-41,44-45H,1,21-25H2,2-5H3,(H,46,48)/t34-,35-,36-,37-,38-,39-,40-,41-,44+,45+/m1/s1. The second-order valence-corrected chi connectivity index (χ2v) is 14.8. The second kappa shape index (κ2) is 21.3. The highest BCUT2D eigenvalue weighted by atomic mass is 16.7. The van der Waals surface area contributed by atoms with E-state index in [2.05, 4.69) is 11.9 Å². The van der Waals surface area contributed by atoms with Gasteiger partial charge in [0.1, 0.15) is 43.1 Å². The van der Waals surface area contributed by atoms with Crippen LogP contribution in [-0.4, -0.2) is 122 Å². The maximum Gasteiger partial charge on any atom is 0.303 e. The van der Waals surface area contributed by atoms with Crippen LogP contribution in [0.25, 0.3) is 0 Å². The Labute approximate surface area is 358 Å². The third-order valence-electron chi connectivity index (χ3n) is 10.2. The van der Waals surface area contributed by atoms with E-state index in [4.69, 9.17) is 42.6 Å². The van der Waals surface area contributed by atoms with Crippen molar-refractivity contribution in [2.75, 3.05) is 19.8 Å². The fraction of sp³-hybridized carbons (Fsp3) is 0.422. The maximum atomic E-state index is 14.3. The van der Waals surface area contributed by atoms with Gasteiger partial charge >= 0.3 is 17.9 Å². The third kappa shape index (κ3) is 11.2. The molecule has 0 bridgehead atoms. The number of imide groups is 1. The van der Waals surface area contributed by atoms with Gasteiger partial charge in [0, 0.05) is 27.7 Å². The lowest BCUT2D eigenvalue weighted by molar-refractivity contribution is -0.342. The summed E-state index contributed by atoms with van der Waals surface area (Å²) < 4.78 is 55.8. The van der Waals surface area contributed by atoms with E-state index in [-0.39, 0.29) is 37.6 Å². The number of hydrogen-bond donors (Lipinski definition) is 1. The highest BCUT2D eigenvalue weighted by Gasteiger charge is 2.59. The molecule has 2 saturated heterocycles. The summed E-state index contributed by atoms with van der Waals surface area (Å²) >= 11 is 0. The predicted octanol–water partition coefficient (Wildman–Crippen LogP) is 3.42. The molecule has 0 spiro atoms. The lowest BCUT2D eigenvalue weighted by Gasteiger charge is -2.51. The van der Waals surface area contributed by atoms with Crippen LogP contribution in [0.3, 0.4) is 0 Å². The van der Waals surface area contributed by atoms with Gasteiger partial charge in [-0.1, -0.05) is 78.9 Å². The van der Waals surface area contributed by atoms with Crippen LogP contribution >= 0.6 is 0 Å². The van der Waals surface area contributed by atoms with E-state index in [1.165, 1.54) is 25.1 Å². The number of amides is 3. The first-order chi connectivity index (χ1) is 29.9. The molecule has 3 aliphatic heterocycles. The molecule has 17 nitrogen and oxygen atoms in total. The largest absolute Gasteiger partial charge is 0.463 e. The Kier molecular flexibility index (Phi) is 15.7. The second-order valence-electron chi connectivity index (χ2n) is 14.8. The molecule has 0 unspecified atom stereocenters. The number of nitrogens with zero attached hydrogens (tertiary/aromatic N) is 1. The lowest BCUT2D eigenvalue weighted by atomic mass is 9.93. The summed E-state index contributed by atoms with van der Waals surface area (Å²) in [5.74, 6) is -4.44. The minimum atomic E-state index is -1.74. The Morgan fingerprint density at radius 3 is 1.77 bits per heavy atom. The van der Waals surface area contributed by atoms with Gasteiger partial charge in [0.25, 0.3) is 11.8 Å². The Balaban J connectivity index is 1.46. The van der Waals surface area contributed by atoms with Crippen molar-refractivity contribution in [2.24, 2.45) is 0 Å². The van der Waals surface area contributed by atoms with Gasteiger partial charge < -0.3 is 47.9 Å². The monoisotopic (exact) mass is 858 g/mol. The van der Waals surface area contributed by atoms with Crippen molar-refractivity contribution in [3.8, 4) is 0 Å². The molecule has 0 saturated carbocycles. The van der Waals surface area contributed by atoms with Crippen molar-refractivity contribution in [3.05, 3.63) is 120 Å². The first-order valence-corrected chi connectivity index (χ1v) is 20.0. The van der Waals surface area contributed by atoms with E-state index < -0.39 is 104 Å². The van der Waals surface area contributed by atoms with Crippen molar-refractivity contribution in [1.82, 2.24) is 10.2 Å². The van der Waals surface area contributed by atoms with Crippen molar-refractivity contribution in [1.29, 1.82) is 0 Å². The normalized spacial score (nSPS) is 26.9. The molecule has 17 heteroatoms. The zero-order valence-corrected chi connectivity index (χ0v) is 34.7. The summed E-state index contributed by atoms with van der Waals surface area (Å²) in [6, 6.07) is 22.0. The SMILES string of the molecule is C=CCO[C@@H]1[C@@H](NC(C)=O)[C@@H](OCc2ccccc2)O[C@H](COCc2ccccc2)[C@H]1O[C@@H]1O[C@H](COC(C)=O)[C@@H](OC(C)=O)[C@H](OC(C)=O)[C@H]1N1C(=O)c2ccccc2C1=O. The molecule has 3 amide bonds. The Morgan fingerprint density at radius 2 is 1.21 bits per heavy atom. The number of esters is 3. The van der Waals surface area contributed by atoms with Gasteiger partial charge in [0.2, 0.25) is 5.91 Å². The van der Waals surface area contributed by atoms with Crippen LogP contribution in [0.4, 0.5) is 0 Å². The van der Waals surface area contributed by atoms with Gasteiger partial charge in [-0.15, -0.1) is 6.58 Å². The van der Waals surface area contributed by atoms with Crippen molar-refractivity contribution in [2.45, 2.75) is 102 Å². The van der Waals surface area contributed by atoms with Gasteiger partial charge in [-0.25, -0.2) is 0 Å². The smallest absolute Gasteiger partial charge is 0.303 e. The number of ether oxygens (including phenoxy) is 9. The van der Waals surface area contributed by atoms with Crippen LogP contribution in [-0.2, 0) is 75.0 Å². The summed E-state index contributed by atoms with van der Waals surface area (Å²) in [6.45, 7) is 7.94. The molecule has 2 fully saturated rings. The van der Waals surface area contributed by atoms with Crippen LogP contribution in [0.2, 0.25) is 0 Å². The van der Waals surface area contributed by atoms with Gasteiger partial charge in [-0.05, 0) is 23.3 Å². The topological polar surface area (TPSA) is 201 Å². The number of benzene rings is 3. The Bertz CT molecular complexity index is 2030. The van der Waals surface area contributed by atoms with E-state index in [1.54, 1.807) is 12.1 Å². The zero-order valence-electron chi connectivity index (χ0n) is 34.7. The van der Waals surface area contributed by atoms with Crippen LogP contribution in [0.5, 0.6) is 0 Å². The molecule has 330 valence electrons. The molecule has 62 heavy (non-hydrogen) atoms. The summed E-state index contributed by atoms with van der Waals surface area (Å²) in [4.78, 5) is 80.0. The van der Waals surface area contributed by atoms with Gasteiger partial charge in [-0.2, -0.15) is 0 Å². The number of rotatable bonds is 18. The highest BCUT2D eigenvalue weighted by molar-refractivity contribution is 6.21. The molecule has 0 aliphatic carbocycles. The number of fused-ring (bicyclic) bond motifs is 1. The molecular formula is C45H50N2O15. The molecule has 6 rings (SSSR count). The maximum absolute atomic E-state index is 14.3. The fourth-order valence-corrected chi connectivity index (χ4v) is 7.63. The van der Waals surface area contributed by atoms with Crippen molar-refractivity contribution >= 4 is 35.6 Å². The van der Waals surface area contributed by atoms with Gasteiger partial charge in [0.05, 0.1) is 37.6 Å². The molecule has 3 aliphatic rings. The van der Waals surface area contributed by atoms with E-state index in [9.17, 15) is 28.8 Å². The van der Waals surface area contributed by atoms with E-state index in [0.717, 1.165) is 36.8 Å². The zero-order chi connectivity index (χ0) is 44.3. The average Bonchev–Trinajstić information content (AvgIpc) is 3.49. The number of nitrogens with one attached hydrogen (secondary N) is 1. The summed E-state index contributed by atoms with van der Waals surface area (Å²) in [5.41, 5.74) is 1.76. The van der Waals surface area contributed by atoms with Crippen molar-refractivity contribution < 1.29 is 71.4 Å². The quantitative estimate of drug-likeness (QED) is 0.0844. The highest BCUT2D eigenvalue weighted by Crippen LogP contribution is 2.38. The minimum absolute atomic E-state index is 0.0495. The lowest BCUT2D eigenvalue weighted by Crippen LogP contribution is -2.71. The van der Waals surface area contributed by atoms with E-state index >= 15 is 0 Å². The average molecular weight is 859 g/mol. The summed E-state index contributed by atoms with van der Waals surface area (Å²) in [5, 5.41) is 2.88. The summed E-state index contributed by atoms with van der Waals surface area (Å²) in [7, 11) is 0. The number of carbonyl (C=O) groups is 6. The van der Waals surface area contributed by atoms with Crippen LogP contribution < -0.4 is 5.32 Å². The molecule has 3 aromatic carbocycles. The van der Waals surface area contributed by atoms with Gasteiger partial charge in [-0.3, -0.25) is 33.7 Å². The fourth-order valence-electron chi connectivity index (χ4n) is 7.63. The molecule has 10 atom stereocenters. The molecular weight excluding hydrogens is 808 g/mol. The van der Waals surface area contributed by atoms with E-state index in [1.807, 2.05) is 60.7 Å². The van der Waals surface area contributed by atoms with Crippen molar-refractivity contribution in [3.63, 3.8) is 0 Å². The minimum Gasteiger partial charge on any atom is -0.463 e. The number of carbonyl (C=O) groups excluding carboxylic acids is 6. The molecule has 1 N–H and O–H groups in total. The molecule has 3 heterocycles. The molecule has 0 radical (unpaired) electrons. The van der Waals surface area contributed by atoms with Crippen LogP contribution in [0, 0.1) is 0 Å². The third-order valence-corrected chi connectivity index (χ3v) is 10.2. The predicted molar refractivity (Wildman–Crippen MR) is 216 cm³/mol. The van der Waals surface area contributed by atoms with Crippen LogP contribution in [0.15, 0.2) is 97.6 Å². The summed E-state index contributed by atoms with van der Waals surface area (Å²) in [6.07, 6.45) is -9.49. The Morgan fingerprint density at radius 1 is 0.661 bits per heavy atom. The molecule has 3 aromatic rings. The first kappa shape index (κ1) is 45.7. The number of hydrogen-bond acceptors (Lipinski definition) is 15. The Hall–Kier alpha value is -5.82. The molecule has 0 aromatic heterocycles. The van der Waals surface area contributed by atoms with Crippen LogP contribution in [0.1, 0.15) is 59.5 Å². The first-order valence-electron chi connectivity index (χ1n) is 20.0.